The summed E-state index contributed by atoms with van der Waals surface area (Å²) < 4.78 is 9.63. The first-order chi connectivity index (χ1) is 13.2. The first-order valence-electron chi connectivity index (χ1n) is 9.57. The summed E-state index contributed by atoms with van der Waals surface area (Å²) in [5, 5.41) is 0. The molecular formula is C18H30N4O6. The molecule has 2 heterocycles. The van der Waals surface area contributed by atoms with Crippen molar-refractivity contribution in [2.75, 3.05) is 53.4 Å². The maximum Gasteiger partial charge on any atom is 0.417 e. The van der Waals surface area contributed by atoms with Crippen LogP contribution >= 0.6 is 0 Å². The number of carbonyl (C=O) groups excluding carboxylic acids is 4. The summed E-state index contributed by atoms with van der Waals surface area (Å²) in [6.07, 6.45) is -2.06. The Balaban J connectivity index is 1.71. The molecule has 2 saturated heterocycles. The number of piperazine rings is 2. The van der Waals surface area contributed by atoms with Crippen LogP contribution in [-0.4, -0.2) is 109 Å². The van der Waals surface area contributed by atoms with E-state index in [1.54, 1.807) is 0 Å². The van der Waals surface area contributed by atoms with Crippen molar-refractivity contribution in [2.45, 2.75) is 38.8 Å². The van der Waals surface area contributed by atoms with Gasteiger partial charge in [-0.25, -0.2) is 9.59 Å². The highest BCUT2D eigenvalue weighted by molar-refractivity contribution is 5.89. The number of amides is 2. The van der Waals surface area contributed by atoms with E-state index in [0.717, 1.165) is 0 Å². The lowest BCUT2D eigenvalue weighted by molar-refractivity contribution is -0.145. The molecule has 10 nitrogen and oxygen atoms in total. The standard InChI is InChI=1S/C18H30N4O6/c1-13-11-19(3)7-9-21(13)17(25)27-15(23)5-6-16(24)28-18(26)22-10-8-20(4)12-14(22)2/h13-14H,5-12H2,1-4H3. The van der Waals surface area contributed by atoms with Gasteiger partial charge in [0.2, 0.25) is 0 Å². The fraction of sp³-hybridized carbons (Fsp3) is 0.778. The molecule has 158 valence electrons. The topological polar surface area (TPSA) is 99.7 Å². The lowest BCUT2D eigenvalue weighted by Gasteiger charge is -2.37. The van der Waals surface area contributed by atoms with Crippen LogP contribution in [0.2, 0.25) is 0 Å². The van der Waals surface area contributed by atoms with Crippen molar-refractivity contribution in [3.8, 4) is 0 Å². The van der Waals surface area contributed by atoms with Gasteiger partial charge in [0.25, 0.3) is 0 Å². The van der Waals surface area contributed by atoms with Crippen molar-refractivity contribution in [1.29, 1.82) is 0 Å². The molecule has 2 amide bonds. The summed E-state index contributed by atoms with van der Waals surface area (Å²) in [6.45, 7) is 7.50. The Hall–Kier alpha value is -2.20. The summed E-state index contributed by atoms with van der Waals surface area (Å²) in [6, 6.07) is -0.126. The molecule has 0 radical (unpaired) electrons. The minimum Gasteiger partial charge on any atom is -0.376 e. The van der Waals surface area contributed by atoms with Crippen molar-refractivity contribution in [3.63, 3.8) is 0 Å². The fourth-order valence-electron chi connectivity index (χ4n) is 3.44. The Labute approximate surface area is 165 Å². The van der Waals surface area contributed by atoms with Crippen LogP contribution in [0.25, 0.3) is 0 Å². The zero-order valence-corrected chi connectivity index (χ0v) is 17.0. The number of hydrogen-bond donors (Lipinski definition) is 0. The molecule has 0 aromatic carbocycles. The van der Waals surface area contributed by atoms with Crippen molar-refractivity contribution < 1.29 is 28.7 Å². The Kier molecular flexibility index (Phi) is 7.76. The maximum atomic E-state index is 12.1. The molecule has 28 heavy (non-hydrogen) atoms. The van der Waals surface area contributed by atoms with Crippen LogP contribution in [0, 0.1) is 0 Å². The Morgan fingerprint density at radius 1 is 0.714 bits per heavy atom. The first kappa shape index (κ1) is 22.1. The molecule has 2 fully saturated rings. The number of carbonyl (C=O) groups is 4. The zero-order valence-electron chi connectivity index (χ0n) is 17.0. The summed E-state index contributed by atoms with van der Waals surface area (Å²) in [5.41, 5.74) is 0. The van der Waals surface area contributed by atoms with Crippen LogP contribution in [0.15, 0.2) is 0 Å². The third-order valence-corrected chi connectivity index (χ3v) is 5.07. The molecule has 2 atom stereocenters. The monoisotopic (exact) mass is 398 g/mol. The average Bonchev–Trinajstić information content (AvgIpc) is 2.59. The third-order valence-electron chi connectivity index (χ3n) is 5.07. The van der Waals surface area contributed by atoms with E-state index in [2.05, 4.69) is 9.80 Å². The van der Waals surface area contributed by atoms with Gasteiger partial charge in [0, 0.05) is 51.4 Å². The van der Waals surface area contributed by atoms with Crippen molar-refractivity contribution in [1.82, 2.24) is 19.6 Å². The molecule has 0 bridgehead atoms. The SMILES string of the molecule is CC1CN(C)CCN1C(=O)OC(=O)CCC(=O)OC(=O)N1CCN(C)CC1C. The van der Waals surface area contributed by atoms with Gasteiger partial charge in [-0.1, -0.05) is 0 Å². The molecule has 10 heteroatoms. The van der Waals surface area contributed by atoms with Crippen molar-refractivity contribution in [2.24, 2.45) is 0 Å². The minimum atomic E-state index is -0.812. The minimum absolute atomic E-state index is 0.0628. The highest BCUT2D eigenvalue weighted by Crippen LogP contribution is 2.12. The predicted molar refractivity (Wildman–Crippen MR) is 99.5 cm³/mol. The van der Waals surface area contributed by atoms with E-state index in [4.69, 9.17) is 9.47 Å². The van der Waals surface area contributed by atoms with Gasteiger partial charge in [0.05, 0.1) is 12.8 Å². The normalized spacial score (nSPS) is 24.0. The Morgan fingerprint density at radius 2 is 1.07 bits per heavy atom. The van der Waals surface area contributed by atoms with Gasteiger partial charge < -0.3 is 29.1 Å². The molecule has 0 aliphatic carbocycles. The van der Waals surface area contributed by atoms with Gasteiger partial charge in [0.1, 0.15) is 0 Å². The number of likely N-dealkylation sites (N-methyl/N-ethyl adjacent to an activating group) is 2. The molecule has 2 rings (SSSR count). The van der Waals surface area contributed by atoms with E-state index in [1.165, 1.54) is 9.80 Å². The van der Waals surface area contributed by atoms with Gasteiger partial charge in [-0.3, -0.25) is 9.59 Å². The Bertz CT molecular complexity index is 561. The zero-order chi connectivity index (χ0) is 20.8. The van der Waals surface area contributed by atoms with Gasteiger partial charge >= 0.3 is 24.1 Å². The van der Waals surface area contributed by atoms with Gasteiger partial charge in [0.15, 0.2) is 0 Å². The molecule has 0 spiro atoms. The maximum absolute atomic E-state index is 12.1. The van der Waals surface area contributed by atoms with E-state index >= 15 is 0 Å². The summed E-state index contributed by atoms with van der Waals surface area (Å²) in [4.78, 5) is 55.1. The molecule has 2 aliphatic rings. The number of nitrogens with zero attached hydrogens (tertiary/aromatic N) is 4. The van der Waals surface area contributed by atoms with E-state index in [9.17, 15) is 19.2 Å². The molecule has 0 saturated carbocycles. The van der Waals surface area contributed by atoms with Crippen LogP contribution in [0.4, 0.5) is 9.59 Å². The molecular weight excluding hydrogens is 368 g/mol. The van der Waals surface area contributed by atoms with Gasteiger partial charge in [-0.2, -0.15) is 0 Å². The quantitative estimate of drug-likeness (QED) is 0.496. The molecule has 2 aliphatic heterocycles. The Morgan fingerprint density at radius 3 is 1.39 bits per heavy atom. The van der Waals surface area contributed by atoms with Gasteiger partial charge in [-0.05, 0) is 27.9 Å². The first-order valence-corrected chi connectivity index (χ1v) is 9.57. The van der Waals surface area contributed by atoms with E-state index < -0.39 is 24.1 Å². The van der Waals surface area contributed by atoms with Crippen LogP contribution in [-0.2, 0) is 19.1 Å². The van der Waals surface area contributed by atoms with Crippen LogP contribution < -0.4 is 0 Å². The average molecular weight is 398 g/mol. The van der Waals surface area contributed by atoms with E-state index in [0.29, 0.717) is 39.3 Å². The lowest BCUT2D eigenvalue weighted by Crippen LogP contribution is -2.53. The van der Waals surface area contributed by atoms with Crippen LogP contribution in [0.3, 0.4) is 0 Å². The van der Waals surface area contributed by atoms with Crippen LogP contribution in [0.5, 0.6) is 0 Å². The molecule has 0 aromatic rings. The largest absolute Gasteiger partial charge is 0.417 e. The summed E-state index contributed by atoms with van der Waals surface area (Å²) >= 11 is 0. The second kappa shape index (κ2) is 9.83. The van der Waals surface area contributed by atoms with Crippen molar-refractivity contribution >= 4 is 24.1 Å². The number of hydrogen-bond acceptors (Lipinski definition) is 8. The van der Waals surface area contributed by atoms with E-state index in [-0.39, 0.29) is 24.9 Å². The molecule has 0 aromatic heterocycles. The highest BCUT2D eigenvalue weighted by atomic mass is 16.6. The number of ether oxygens (including phenoxy) is 2. The van der Waals surface area contributed by atoms with Crippen molar-refractivity contribution in [3.05, 3.63) is 0 Å². The number of esters is 2. The number of rotatable bonds is 3. The fourth-order valence-corrected chi connectivity index (χ4v) is 3.44. The molecule has 0 N–H and O–H groups in total. The van der Waals surface area contributed by atoms with Gasteiger partial charge in [-0.15, -0.1) is 0 Å². The smallest absolute Gasteiger partial charge is 0.376 e. The summed E-state index contributed by atoms with van der Waals surface area (Å²) in [7, 11) is 3.92. The lowest BCUT2D eigenvalue weighted by atomic mass is 10.2. The second-order valence-corrected chi connectivity index (χ2v) is 7.59. The highest BCUT2D eigenvalue weighted by Gasteiger charge is 2.30. The third kappa shape index (κ3) is 6.16. The summed E-state index contributed by atoms with van der Waals surface area (Å²) in [5.74, 6) is -1.62. The molecule has 2 unspecified atom stereocenters. The van der Waals surface area contributed by atoms with E-state index in [1.807, 2.05) is 27.9 Å². The van der Waals surface area contributed by atoms with Crippen LogP contribution in [0.1, 0.15) is 26.7 Å². The predicted octanol–water partition coefficient (Wildman–Crippen LogP) is 0.365. The second-order valence-electron chi connectivity index (χ2n) is 7.59.